The van der Waals surface area contributed by atoms with Crippen molar-refractivity contribution in [1.29, 1.82) is 0 Å². The number of benzene rings is 1. The number of methoxy groups -OCH3 is 1. The van der Waals surface area contributed by atoms with Gasteiger partial charge in [0.05, 0.1) is 7.11 Å². The molecule has 5 nitrogen and oxygen atoms in total. The topological polar surface area (TPSA) is 81.4 Å². The zero-order valence-corrected chi connectivity index (χ0v) is 10.9. The fourth-order valence-electron chi connectivity index (χ4n) is 1.63. The largest absolute Gasteiger partial charge is 0.496 e. The molecule has 0 aromatic heterocycles. The predicted molar refractivity (Wildman–Crippen MR) is 68.4 cm³/mol. The third-order valence-corrected chi connectivity index (χ3v) is 2.80. The Balaban J connectivity index is 2.70. The summed E-state index contributed by atoms with van der Waals surface area (Å²) in [5, 5.41) is 2.45. The molecule has 98 valence electrons. The van der Waals surface area contributed by atoms with Gasteiger partial charge < -0.3 is 15.8 Å². The molecule has 1 rings (SSSR count). The van der Waals surface area contributed by atoms with Gasteiger partial charge in [0.15, 0.2) is 0 Å². The summed E-state index contributed by atoms with van der Waals surface area (Å²) in [6, 6.07) is 3.98. The van der Waals surface area contributed by atoms with Gasteiger partial charge in [-0.2, -0.15) is 0 Å². The Bertz CT molecular complexity index is 470. The molecule has 0 spiro atoms. The van der Waals surface area contributed by atoms with E-state index in [-0.39, 0.29) is 0 Å². The Hall–Kier alpha value is -2.04. The molecular weight excluding hydrogens is 232 g/mol. The van der Waals surface area contributed by atoms with Gasteiger partial charge in [0.2, 0.25) is 0 Å². The van der Waals surface area contributed by atoms with Crippen LogP contribution >= 0.6 is 0 Å². The van der Waals surface area contributed by atoms with E-state index >= 15 is 0 Å². The first-order valence-electron chi connectivity index (χ1n) is 5.67. The standard InChI is InChI=1S/C13H18N2O3/c1-8-6-10(11(18-3)7-9(8)2)4-5-15-13(17)12(14)16/h6-7H,4-5H2,1-3H3,(H2,14,16)(H,15,17). The third-order valence-electron chi connectivity index (χ3n) is 2.80. The second-order valence-corrected chi connectivity index (χ2v) is 4.12. The van der Waals surface area contributed by atoms with Gasteiger partial charge in [0, 0.05) is 6.54 Å². The highest BCUT2D eigenvalue weighted by molar-refractivity contribution is 6.34. The summed E-state index contributed by atoms with van der Waals surface area (Å²) in [5.41, 5.74) is 8.14. The summed E-state index contributed by atoms with van der Waals surface area (Å²) in [6.07, 6.45) is 0.587. The van der Waals surface area contributed by atoms with Gasteiger partial charge in [-0.1, -0.05) is 6.07 Å². The number of ether oxygens (including phenoxy) is 1. The van der Waals surface area contributed by atoms with Crippen LogP contribution in [-0.4, -0.2) is 25.5 Å². The van der Waals surface area contributed by atoms with E-state index < -0.39 is 11.8 Å². The Morgan fingerprint density at radius 1 is 1.28 bits per heavy atom. The summed E-state index contributed by atoms with van der Waals surface area (Å²) in [5.74, 6) is -0.953. The minimum absolute atomic E-state index is 0.348. The molecule has 0 fully saturated rings. The number of hydrogen-bond acceptors (Lipinski definition) is 3. The normalized spacial score (nSPS) is 9.94. The fourth-order valence-corrected chi connectivity index (χ4v) is 1.63. The van der Waals surface area contributed by atoms with Crippen LogP contribution in [0, 0.1) is 13.8 Å². The van der Waals surface area contributed by atoms with Crippen molar-refractivity contribution in [2.75, 3.05) is 13.7 Å². The molecule has 1 aromatic carbocycles. The lowest BCUT2D eigenvalue weighted by atomic mass is 10.0. The lowest BCUT2D eigenvalue weighted by Crippen LogP contribution is -2.37. The summed E-state index contributed by atoms with van der Waals surface area (Å²) < 4.78 is 5.28. The zero-order chi connectivity index (χ0) is 13.7. The van der Waals surface area contributed by atoms with Crippen molar-refractivity contribution in [2.45, 2.75) is 20.3 Å². The average molecular weight is 250 g/mol. The molecule has 1 aromatic rings. The molecule has 0 saturated carbocycles. The van der Waals surface area contributed by atoms with E-state index in [2.05, 4.69) is 5.32 Å². The molecule has 2 amide bonds. The van der Waals surface area contributed by atoms with E-state index in [4.69, 9.17) is 10.5 Å². The number of nitrogens with two attached hydrogens (primary N) is 1. The van der Waals surface area contributed by atoms with Crippen molar-refractivity contribution < 1.29 is 14.3 Å². The molecule has 0 saturated heterocycles. The number of nitrogens with one attached hydrogen (secondary N) is 1. The lowest BCUT2D eigenvalue weighted by Gasteiger charge is -2.12. The zero-order valence-electron chi connectivity index (χ0n) is 10.9. The second-order valence-electron chi connectivity index (χ2n) is 4.12. The number of carbonyl (C=O) groups excluding carboxylic acids is 2. The second kappa shape index (κ2) is 6.05. The highest BCUT2D eigenvalue weighted by Crippen LogP contribution is 2.23. The molecule has 0 aliphatic carbocycles. The van der Waals surface area contributed by atoms with Crippen LogP contribution in [0.1, 0.15) is 16.7 Å². The first kappa shape index (κ1) is 14.0. The highest BCUT2D eigenvalue weighted by Gasteiger charge is 2.09. The maximum atomic E-state index is 11.0. The molecule has 3 N–H and O–H groups in total. The Morgan fingerprint density at radius 2 is 1.89 bits per heavy atom. The summed E-state index contributed by atoms with van der Waals surface area (Å²) >= 11 is 0. The van der Waals surface area contributed by atoms with Crippen molar-refractivity contribution in [1.82, 2.24) is 5.32 Å². The van der Waals surface area contributed by atoms with Crippen molar-refractivity contribution in [3.8, 4) is 5.75 Å². The minimum Gasteiger partial charge on any atom is -0.496 e. The van der Waals surface area contributed by atoms with Crippen molar-refractivity contribution in [2.24, 2.45) is 5.73 Å². The predicted octanol–water partition coefficient (Wildman–Crippen LogP) is 0.456. The lowest BCUT2D eigenvalue weighted by molar-refractivity contribution is -0.137. The van der Waals surface area contributed by atoms with Crippen LogP contribution in [0.2, 0.25) is 0 Å². The van der Waals surface area contributed by atoms with Gasteiger partial charge >= 0.3 is 11.8 Å². The Labute approximate surface area is 106 Å². The molecule has 0 atom stereocenters. The minimum atomic E-state index is -0.970. The van der Waals surface area contributed by atoms with Crippen LogP contribution in [-0.2, 0) is 16.0 Å². The maximum Gasteiger partial charge on any atom is 0.309 e. The summed E-state index contributed by atoms with van der Waals surface area (Å²) in [6.45, 7) is 4.37. The maximum absolute atomic E-state index is 11.0. The van der Waals surface area contributed by atoms with Gasteiger partial charge in [-0.05, 0) is 43.0 Å². The Kier molecular flexibility index (Phi) is 4.71. The first-order valence-corrected chi connectivity index (χ1v) is 5.67. The molecular formula is C13H18N2O3. The van der Waals surface area contributed by atoms with Crippen LogP contribution in [0.25, 0.3) is 0 Å². The number of amides is 2. The van der Waals surface area contributed by atoms with Gasteiger partial charge in [0.1, 0.15) is 5.75 Å². The van der Waals surface area contributed by atoms with E-state index in [9.17, 15) is 9.59 Å². The van der Waals surface area contributed by atoms with Gasteiger partial charge in [-0.25, -0.2) is 0 Å². The Morgan fingerprint density at radius 3 is 2.44 bits per heavy atom. The van der Waals surface area contributed by atoms with E-state index in [1.165, 1.54) is 0 Å². The van der Waals surface area contributed by atoms with Gasteiger partial charge in [0.25, 0.3) is 0 Å². The van der Waals surface area contributed by atoms with Gasteiger partial charge in [-0.15, -0.1) is 0 Å². The molecule has 0 aliphatic rings. The third kappa shape index (κ3) is 3.48. The van der Waals surface area contributed by atoms with E-state index in [1.807, 2.05) is 26.0 Å². The first-order chi connectivity index (χ1) is 8.45. The van der Waals surface area contributed by atoms with Crippen molar-refractivity contribution in [3.05, 3.63) is 28.8 Å². The van der Waals surface area contributed by atoms with E-state index in [0.29, 0.717) is 13.0 Å². The van der Waals surface area contributed by atoms with Crippen LogP contribution in [0.15, 0.2) is 12.1 Å². The smallest absolute Gasteiger partial charge is 0.309 e. The molecule has 0 radical (unpaired) electrons. The average Bonchev–Trinajstić information content (AvgIpc) is 2.32. The molecule has 5 heteroatoms. The fraction of sp³-hybridized carbons (Fsp3) is 0.385. The van der Waals surface area contributed by atoms with Crippen LogP contribution in [0.3, 0.4) is 0 Å². The van der Waals surface area contributed by atoms with Crippen LogP contribution in [0.5, 0.6) is 5.75 Å². The monoisotopic (exact) mass is 250 g/mol. The number of primary amides is 1. The van der Waals surface area contributed by atoms with Crippen LogP contribution in [0.4, 0.5) is 0 Å². The highest BCUT2D eigenvalue weighted by atomic mass is 16.5. The van der Waals surface area contributed by atoms with Gasteiger partial charge in [-0.3, -0.25) is 9.59 Å². The number of aryl methyl sites for hydroxylation is 2. The summed E-state index contributed by atoms with van der Waals surface area (Å²) in [4.78, 5) is 21.5. The number of rotatable bonds is 4. The molecule has 0 unspecified atom stereocenters. The van der Waals surface area contributed by atoms with E-state index in [1.54, 1.807) is 7.11 Å². The quantitative estimate of drug-likeness (QED) is 0.761. The number of carbonyl (C=O) groups is 2. The molecule has 0 aliphatic heterocycles. The van der Waals surface area contributed by atoms with Crippen LogP contribution < -0.4 is 15.8 Å². The number of hydrogen-bond donors (Lipinski definition) is 2. The SMILES string of the molecule is COc1cc(C)c(C)cc1CCNC(=O)C(N)=O. The molecule has 0 bridgehead atoms. The van der Waals surface area contributed by atoms with E-state index in [0.717, 1.165) is 22.4 Å². The van der Waals surface area contributed by atoms with Crippen molar-refractivity contribution >= 4 is 11.8 Å². The molecule has 18 heavy (non-hydrogen) atoms. The van der Waals surface area contributed by atoms with Crippen molar-refractivity contribution in [3.63, 3.8) is 0 Å². The molecule has 0 heterocycles. The summed E-state index contributed by atoms with van der Waals surface area (Å²) in [7, 11) is 1.61.